The van der Waals surface area contributed by atoms with Crippen LogP contribution in [0.1, 0.15) is 30.4 Å². The van der Waals surface area contributed by atoms with Crippen molar-refractivity contribution in [2.24, 2.45) is 0 Å². The van der Waals surface area contributed by atoms with Crippen LogP contribution in [0.15, 0.2) is 18.2 Å². The van der Waals surface area contributed by atoms with Gasteiger partial charge in [-0.1, -0.05) is 12.1 Å². The van der Waals surface area contributed by atoms with E-state index in [2.05, 4.69) is 10.2 Å². The Hall–Kier alpha value is -1.56. The van der Waals surface area contributed by atoms with E-state index in [-0.39, 0.29) is 5.56 Å². The number of rotatable bonds is 5. The van der Waals surface area contributed by atoms with E-state index < -0.39 is 28.7 Å². The van der Waals surface area contributed by atoms with Gasteiger partial charge in [-0.2, -0.15) is 8.78 Å². The van der Waals surface area contributed by atoms with Crippen LogP contribution < -0.4 is 5.32 Å². The van der Waals surface area contributed by atoms with Crippen molar-refractivity contribution in [1.29, 1.82) is 0 Å². The Bertz CT molecular complexity index is 595. The number of nitrogens with zero attached hydrogens (tertiary/aromatic N) is 1. The summed E-state index contributed by atoms with van der Waals surface area (Å²) in [6.07, 6.45) is 2.55. The molecule has 0 radical (unpaired) electrons. The monoisotopic (exact) mass is 312 g/mol. The highest BCUT2D eigenvalue weighted by atomic mass is 19.3. The zero-order valence-electron chi connectivity index (χ0n) is 12.5. The largest absolute Gasteiger partial charge is 0.350 e. The second-order valence-electron chi connectivity index (χ2n) is 6.35. The Morgan fingerprint density at radius 2 is 2.05 bits per heavy atom. The quantitative estimate of drug-likeness (QED) is 0.906. The number of hydrogen-bond donors (Lipinski definition) is 1. The summed E-state index contributed by atoms with van der Waals surface area (Å²) in [5, 5.41) is 2.50. The van der Waals surface area contributed by atoms with Gasteiger partial charge in [-0.3, -0.25) is 4.79 Å². The summed E-state index contributed by atoms with van der Waals surface area (Å²) in [4.78, 5) is 14.2. The van der Waals surface area contributed by atoms with E-state index in [1.54, 1.807) is 0 Å². The topological polar surface area (TPSA) is 32.3 Å². The van der Waals surface area contributed by atoms with Crippen LogP contribution in [0.4, 0.5) is 13.2 Å². The molecule has 3 rings (SSSR count). The molecule has 1 N–H and O–H groups in total. The van der Waals surface area contributed by atoms with E-state index in [1.165, 1.54) is 13.0 Å². The molecule has 1 aliphatic carbocycles. The Labute approximate surface area is 127 Å². The van der Waals surface area contributed by atoms with Crippen molar-refractivity contribution in [3.63, 3.8) is 0 Å². The molecule has 2 aliphatic rings. The molecule has 3 nitrogen and oxygen atoms in total. The third kappa shape index (κ3) is 2.72. The molecule has 0 bridgehead atoms. The zero-order chi connectivity index (χ0) is 16.0. The highest BCUT2D eigenvalue weighted by molar-refractivity contribution is 5.86. The van der Waals surface area contributed by atoms with Gasteiger partial charge >= 0.3 is 5.92 Å². The first-order valence-corrected chi connectivity index (χ1v) is 7.52. The number of halogens is 3. The lowest BCUT2D eigenvalue weighted by atomic mass is 10.0. The Kier molecular flexibility index (Phi) is 3.67. The van der Waals surface area contributed by atoms with Crippen molar-refractivity contribution < 1.29 is 18.0 Å². The van der Waals surface area contributed by atoms with E-state index in [9.17, 15) is 18.0 Å². The number of carbonyl (C=O) groups is 1. The molecule has 1 saturated carbocycles. The molecule has 6 heteroatoms. The lowest BCUT2D eigenvalue weighted by Gasteiger charge is -2.35. The van der Waals surface area contributed by atoms with Crippen LogP contribution in [0, 0.1) is 12.7 Å². The van der Waals surface area contributed by atoms with Gasteiger partial charge in [0.15, 0.2) is 0 Å². The normalized spacial score (nSPS) is 20.4. The van der Waals surface area contributed by atoms with Crippen LogP contribution >= 0.6 is 0 Å². The van der Waals surface area contributed by atoms with Crippen LogP contribution in [0.5, 0.6) is 0 Å². The predicted octanol–water partition coefficient (Wildman–Crippen LogP) is 2.58. The van der Waals surface area contributed by atoms with Crippen molar-refractivity contribution in [2.45, 2.75) is 37.6 Å². The summed E-state index contributed by atoms with van der Waals surface area (Å²) in [5.74, 6) is -5.79. The highest BCUT2D eigenvalue weighted by Crippen LogP contribution is 2.40. The number of benzene rings is 1. The average molecular weight is 312 g/mol. The minimum absolute atomic E-state index is 0.185. The van der Waals surface area contributed by atoms with Gasteiger partial charge < -0.3 is 10.2 Å². The summed E-state index contributed by atoms with van der Waals surface area (Å²) >= 11 is 0. The standard InChI is InChI=1S/C16H19F3N2O/c1-11-12(4-2-5-13(11)17)16(18,19)14(22)20-15(6-7-15)10-21-8-3-9-21/h2,4-5H,3,6-10H2,1H3,(H,20,22). The number of carbonyl (C=O) groups excluding carboxylic acids is 1. The molecular formula is C16H19F3N2O. The van der Waals surface area contributed by atoms with Crippen LogP contribution in [0.25, 0.3) is 0 Å². The first-order chi connectivity index (χ1) is 10.3. The minimum Gasteiger partial charge on any atom is -0.344 e. The van der Waals surface area contributed by atoms with Crippen LogP contribution in [0.2, 0.25) is 0 Å². The summed E-state index contributed by atoms with van der Waals surface area (Å²) < 4.78 is 42.3. The number of alkyl halides is 2. The van der Waals surface area contributed by atoms with Crippen molar-refractivity contribution in [3.05, 3.63) is 35.1 Å². The molecule has 1 aromatic carbocycles. The summed E-state index contributed by atoms with van der Waals surface area (Å²) in [6.45, 7) is 3.80. The van der Waals surface area contributed by atoms with Crippen molar-refractivity contribution in [2.75, 3.05) is 19.6 Å². The maximum atomic E-state index is 14.4. The van der Waals surface area contributed by atoms with Gasteiger partial charge in [0, 0.05) is 12.1 Å². The van der Waals surface area contributed by atoms with E-state index >= 15 is 0 Å². The summed E-state index contributed by atoms with van der Waals surface area (Å²) in [6, 6.07) is 3.41. The van der Waals surface area contributed by atoms with Gasteiger partial charge in [0.05, 0.1) is 5.54 Å². The molecule has 0 spiro atoms. The van der Waals surface area contributed by atoms with Gasteiger partial charge in [0.2, 0.25) is 0 Å². The molecule has 0 unspecified atom stereocenters. The lowest BCUT2D eigenvalue weighted by Crippen LogP contribution is -2.53. The van der Waals surface area contributed by atoms with Crippen molar-refractivity contribution in [1.82, 2.24) is 10.2 Å². The molecule has 2 fully saturated rings. The average Bonchev–Trinajstić information content (AvgIpc) is 3.17. The lowest BCUT2D eigenvalue weighted by molar-refractivity contribution is -0.148. The van der Waals surface area contributed by atoms with E-state index in [1.807, 2.05) is 0 Å². The predicted molar refractivity (Wildman–Crippen MR) is 76.2 cm³/mol. The van der Waals surface area contributed by atoms with E-state index in [0.717, 1.165) is 31.6 Å². The summed E-state index contributed by atoms with van der Waals surface area (Å²) in [7, 11) is 0. The van der Waals surface area contributed by atoms with Crippen LogP contribution in [-0.4, -0.2) is 36.0 Å². The fraction of sp³-hybridized carbons (Fsp3) is 0.562. The molecule has 0 atom stereocenters. The SMILES string of the molecule is Cc1c(F)cccc1C(F)(F)C(=O)NC1(CN2CCC2)CC1. The number of nitrogens with one attached hydrogen (secondary N) is 1. The van der Waals surface area contributed by atoms with Gasteiger partial charge in [0.1, 0.15) is 5.82 Å². The van der Waals surface area contributed by atoms with Gasteiger partial charge in [0.25, 0.3) is 5.91 Å². The molecule has 1 aromatic rings. The molecule has 1 heterocycles. The third-order valence-corrected chi connectivity index (χ3v) is 4.60. The maximum absolute atomic E-state index is 14.4. The fourth-order valence-corrected chi connectivity index (χ4v) is 2.83. The molecular weight excluding hydrogens is 293 g/mol. The number of likely N-dealkylation sites (tertiary alicyclic amines) is 1. The first-order valence-electron chi connectivity index (χ1n) is 7.52. The minimum atomic E-state index is -3.73. The molecule has 1 amide bonds. The number of hydrogen-bond acceptors (Lipinski definition) is 2. The van der Waals surface area contributed by atoms with E-state index in [0.29, 0.717) is 19.4 Å². The number of amides is 1. The smallest absolute Gasteiger partial charge is 0.344 e. The second kappa shape index (κ2) is 5.26. The van der Waals surface area contributed by atoms with E-state index in [4.69, 9.17) is 0 Å². The second-order valence-corrected chi connectivity index (χ2v) is 6.35. The summed E-state index contributed by atoms with van der Waals surface area (Å²) in [5.41, 5.74) is -1.28. The molecule has 120 valence electrons. The van der Waals surface area contributed by atoms with Crippen LogP contribution in [-0.2, 0) is 10.7 Å². The maximum Gasteiger partial charge on any atom is 0.350 e. The molecule has 1 aliphatic heterocycles. The van der Waals surface area contributed by atoms with Gasteiger partial charge in [-0.25, -0.2) is 4.39 Å². The third-order valence-electron chi connectivity index (χ3n) is 4.60. The molecule has 0 aromatic heterocycles. The first kappa shape index (κ1) is 15.3. The van der Waals surface area contributed by atoms with Crippen LogP contribution in [0.3, 0.4) is 0 Å². The van der Waals surface area contributed by atoms with Crippen molar-refractivity contribution in [3.8, 4) is 0 Å². The highest BCUT2D eigenvalue weighted by Gasteiger charge is 2.51. The van der Waals surface area contributed by atoms with Crippen molar-refractivity contribution >= 4 is 5.91 Å². The van der Waals surface area contributed by atoms with Gasteiger partial charge in [-0.05, 0) is 50.9 Å². The van der Waals surface area contributed by atoms with Gasteiger partial charge in [-0.15, -0.1) is 0 Å². The Morgan fingerprint density at radius 1 is 1.36 bits per heavy atom. The zero-order valence-corrected chi connectivity index (χ0v) is 12.5. The molecule has 22 heavy (non-hydrogen) atoms. The fourth-order valence-electron chi connectivity index (χ4n) is 2.83. The molecule has 1 saturated heterocycles. The Morgan fingerprint density at radius 3 is 2.59 bits per heavy atom. The Balaban J connectivity index is 1.74.